The summed E-state index contributed by atoms with van der Waals surface area (Å²) in [6.07, 6.45) is 4.46. The Morgan fingerprint density at radius 3 is 2.93 bits per heavy atom. The summed E-state index contributed by atoms with van der Waals surface area (Å²) >= 11 is 0. The van der Waals surface area contributed by atoms with Crippen LogP contribution in [0.4, 0.5) is 5.69 Å². The molecule has 1 aromatic heterocycles. The van der Waals surface area contributed by atoms with E-state index < -0.39 is 0 Å². The summed E-state index contributed by atoms with van der Waals surface area (Å²) in [4.78, 5) is 4.43. The van der Waals surface area contributed by atoms with Crippen LogP contribution in [0.5, 0.6) is 0 Å². The topological polar surface area (TPSA) is 24.9 Å². The van der Waals surface area contributed by atoms with E-state index in [4.69, 9.17) is 0 Å². The van der Waals surface area contributed by atoms with E-state index in [0.717, 1.165) is 5.52 Å². The van der Waals surface area contributed by atoms with Gasteiger partial charge in [0.2, 0.25) is 0 Å². The lowest BCUT2D eigenvalue weighted by Gasteiger charge is -2.09. The lowest BCUT2D eigenvalue weighted by atomic mass is 10.1. The second-order valence-corrected chi connectivity index (χ2v) is 4.25. The fourth-order valence-electron chi connectivity index (χ4n) is 1.89. The Kier molecular flexibility index (Phi) is 1.88. The molecule has 1 saturated carbocycles. The Hall–Kier alpha value is -1.57. The van der Waals surface area contributed by atoms with Gasteiger partial charge >= 0.3 is 0 Å². The molecule has 1 aliphatic rings. The molecule has 0 radical (unpaired) electrons. The van der Waals surface area contributed by atoms with Gasteiger partial charge in [-0.25, -0.2) is 0 Å². The van der Waals surface area contributed by atoms with Gasteiger partial charge in [0.1, 0.15) is 0 Å². The van der Waals surface area contributed by atoms with E-state index in [9.17, 15) is 0 Å². The standard InChI is InChI=1S/C13H14N2/c1-9-4-7-12(15-10-5-6-10)11-3-2-8-14-13(9)11/h2-4,7-8,10,15H,5-6H2,1H3. The predicted octanol–water partition coefficient (Wildman–Crippen LogP) is 3.12. The van der Waals surface area contributed by atoms with Crippen LogP contribution < -0.4 is 5.32 Å². The lowest BCUT2D eigenvalue weighted by Crippen LogP contribution is -2.01. The molecule has 0 amide bonds. The van der Waals surface area contributed by atoms with Gasteiger partial charge in [-0.3, -0.25) is 4.98 Å². The first-order valence-electron chi connectivity index (χ1n) is 5.45. The minimum Gasteiger partial charge on any atom is -0.382 e. The highest BCUT2D eigenvalue weighted by Gasteiger charge is 2.21. The fraction of sp³-hybridized carbons (Fsp3) is 0.308. The van der Waals surface area contributed by atoms with E-state index in [1.54, 1.807) is 0 Å². The molecule has 15 heavy (non-hydrogen) atoms. The molecule has 0 aliphatic heterocycles. The normalized spacial score (nSPS) is 15.5. The second kappa shape index (κ2) is 3.23. The number of hydrogen-bond acceptors (Lipinski definition) is 2. The monoisotopic (exact) mass is 198 g/mol. The van der Waals surface area contributed by atoms with Gasteiger partial charge in [-0.15, -0.1) is 0 Å². The summed E-state index contributed by atoms with van der Waals surface area (Å²) in [6, 6.07) is 9.13. The summed E-state index contributed by atoms with van der Waals surface area (Å²) in [6.45, 7) is 2.11. The van der Waals surface area contributed by atoms with Crippen molar-refractivity contribution in [2.75, 3.05) is 5.32 Å². The molecular formula is C13H14N2. The Morgan fingerprint density at radius 1 is 1.27 bits per heavy atom. The van der Waals surface area contributed by atoms with Crippen LogP contribution in [0.2, 0.25) is 0 Å². The van der Waals surface area contributed by atoms with E-state index in [1.807, 2.05) is 12.3 Å². The number of anilines is 1. The predicted molar refractivity (Wildman–Crippen MR) is 63.1 cm³/mol. The molecule has 0 unspecified atom stereocenters. The maximum absolute atomic E-state index is 4.43. The third-order valence-electron chi connectivity index (χ3n) is 2.91. The summed E-state index contributed by atoms with van der Waals surface area (Å²) in [5, 5.41) is 4.79. The zero-order chi connectivity index (χ0) is 10.3. The minimum atomic E-state index is 0.691. The lowest BCUT2D eigenvalue weighted by molar-refractivity contribution is 1.16. The SMILES string of the molecule is Cc1ccc(NC2CC2)c2cccnc12. The van der Waals surface area contributed by atoms with Crippen molar-refractivity contribution in [3.63, 3.8) is 0 Å². The van der Waals surface area contributed by atoms with Crippen molar-refractivity contribution in [2.45, 2.75) is 25.8 Å². The maximum atomic E-state index is 4.43. The number of nitrogens with zero attached hydrogens (tertiary/aromatic N) is 1. The molecule has 0 bridgehead atoms. The molecule has 0 atom stereocenters. The van der Waals surface area contributed by atoms with Gasteiger partial charge in [-0.1, -0.05) is 6.07 Å². The fourth-order valence-corrected chi connectivity index (χ4v) is 1.89. The quantitative estimate of drug-likeness (QED) is 0.802. The Balaban J connectivity index is 2.16. The van der Waals surface area contributed by atoms with Crippen molar-refractivity contribution in [3.8, 4) is 0 Å². The molecule has 1 N–H and O–H groups in total. The third-order valence-corrected chi connectivity index (χ3v) is 2.91. The molecular weight excluding hydrogens is 184 g/mol. The van der Waals surface area contributed by atoms with Crippen LogP contribution in [-0.2, 0) is 0 Å². The van der Waals surface area contributed by atoms with Crippen LogP contribution in [0, 0.1) is 6.92 Å². The van der Waals surface area contributed by atoms with E-state index in [1.165, 1.54) is 29.5 Å². The zero-order valence-corrected chi connectivity index (χ0v) is 8.83. The molecule has 2 nitrogen and oxygen atoms in total. The van der Waals surface area contributed by atoms with Gasteiger partial charge in [0.15, 0.2) is 0 Å². The molecule has 0 saturated heterocycles. The van der Waals surface area contributed by atoms with Crippen molar-refractivity contribution in [2.24, 2.45) is 0 Å². The molecule has 1 heterocycles. The van der Waals surface area contributed by atoms with Gasteiger partial charge in [0.25, 0.3) is 0 Å². The van der Waals surface area contributed by atoms with E-state index in [0.29, 0.717) is 6.04 Å². The first-order chi connectivity index (χ1) is 7.34. The van der Waals surface area contributed by atoms with Crippen molar-refractivity contribution in [3.05, 3.63) is 36.0 Å². The van der Waals surface area contributed by atoms with E-state index in [-0.39, 0.29) is 0 Å². The number of aromatic nitrogens is 1. The van der Waals surface area contributed by atoms with Crippen LogP contribution in [-0.4, -0.2) is 11.0 Å². The summed E-state index contributed by atoms with van der Waals surface area (Å²) in [7, 11) is 0. The summed E-state index contributed by atoms with van der Waals surface area (Å²) < 4.78 is 0. The molecule has 76 valence electrons. The number of nitrogens with one attached hydrogen (secondary N) is 1. The largest absolute Gasteiger partial charge is 0.382 e. The average Bonchev–Trinajstić information content (AvgIpc) is 3.07. The highest BCUT2D eigenvalue weighted by Crippen LogP contribution is 2.30. The van der Waals surface area contributed by atoms with E-state index in [2.05, 4.69) is 35.4 Å². The van der Waals surface area contributed by atoms with Gasteiger partial charge in [0.05, 0.1) is 5.52 Å². The van der Waals surface area contributed by atoms with Gasteiger partial charge < -0.3 is 5.32 Å². The van der Waals surface area contributed by atoms with Gasteiger partial charge in [-0.2, -0.15) is 0 Å². The first-order valence-corrected chi connectivity index (χ1v) is 5.45. The highest BCUT2D eigenvalue weighted by molar-refractivity contribution is 5.93. The third kappa shape index (κ3) is 1.56. The van der Waals surface area contributed by atoms with Crippen molar-refractivity contribution in [1.29, 1.82) is 0 Å². The van der Waals surface area contributed by atoms with Crippen LogP contribution in [0.1, 0.15) is 18.4 Å². The number of fused-ring (bicyclic) bond motifs is 1. The average molecular weight is 198 g/mol. The Labute approximate surface area is 89.3 Å². The van der Waals surface area contributed by atoms with Crippen molar-refractivity contribution >= 4 is 16.6 Å². The first kappa shape index (κ1) is 8.72. The zero-order valence-electron chi connectivity index (χ0n) is 8.83. The van der Waals surface area contributed by atoms with Crippen LogP contribution >= 0.6 is 0 Å². The molecule has 2 aromatic rings. The minimum absolute atomic E-state index is 0.691. The highest BCUT2D eigenvalue weighted by atomic mass is 15.0. The second-order valence-electron chi connectivity index (χ2n) is 4.25. The number of aryl methyl sites for hydroxylation is 1. The summed E-state index contributed by atoms with van der Waals surface area (Å²) in [5.41, 5.74) is 3.58. The molecule has 3 rings (SSSR count). The maximum Gasteiger partial charge on any atom is 0.0751 e. The van der Waals surface area contributed by atoms with E-state index >= 15 is 0 Å². The number of benzene rings is 1. The molecule has 2 heteroatoms. The number of rotatable bonds is 2. The van der Waals surface area contributed by atoms with Crippen LogP contribution in [0.15, 0.2) is 30.5 Å². The smallest absolute Gasteiger partial charge is 0.0751 e. The van der Waals surface area contributed by atoms with Crippen molar-refractivity contribution in [1.82, 2.24) is 4.98 Å². The Bertz CT molecular complexity index is 501. The van der Waals surface area contributed by atoms with Gasteiger partial charge in [0, 0.05) is 23.3 Å². The van der Waals surface area contributed by atoms with Crippen LogP contribution in [0.25, 0.3) is 10.9 Å². The van der Waals surface area contributed by atoms with Crippen LogP contribution in [0.3, 0.4) is 0 Å². The number of pyridine rings is 1. The molecule has 1 fully saturated rings. The Morgan fingerprint density at radius 2 is 2.13 bits per heavy atom. The molecule has 0 spiro atoms. The van der Waals surface area contributed by atoms with Crippen molar-refractivity contribution < 1.29 is 0 Å². The molecule has 1 aromatic carbocycles. The van der Waals surface area contributed by atoms with Gasteiger partial charge in [-0.05, 0) is 43.5 Å². The molecule has 1 aliphatic carbocycles. The summed E-state index contributed by atoms with van der Waals surface area (Å²) in [5.74, 6) is 0. The number of hydrogen-bond donors (Lipinski definition) is 1.